The van der Waals surface area contributed by atoms with Crippen LogP contribution < -0.4 is 0 Å². The van der Waals surface area contributed by atoms with E-state index in [0.717, 1.165) is 0 Å². The van der Waals surface area contributed by atoms with Gasteiger partial charge in [-0.2, -0.15) is 0 Å². The molecular formula is H25O12+. The molecule has 12 heavy (non-hydrogen) atoms. The fraction of sp³-hybridized carbons (Fsp3) is 0. The van der Waals surface area contributed by atoms with Gasteiger partial charge in [-0.25, -0.2) is 0 Å². The van der Waals surface area contributed by atoms with Gasteiger partial charge in [-0.3, -0.25) is 0 Å². The molecule has 0 aromatic carbocycles. The molecule has 0 aliphatic heterocycles. The largest absolute Gasteiger partial charge is 1.00 e. The van der Waals surface area contributed by atoms with Crippen LogP contribution in [0.1, 0.15) is 1.43 Å². The Bertz CT molecular complexity index is 5.09. The molecule has 0 aliphatic rings. The van der Waals surface area contributed by atoms with Gasteiger partial charge in [0.2, 0.25) is 0 Å². The summed E-state index contributed by atoms with van der Waals surface area (Å²) in [5, 5.41) is 0. The van der Waals surface area contributed by atoms with Crippen molar-refractivity contribution < 1.29 is 67.1 Å². The summed E-state index contributed by atoms with van der Waals surface area (Å²) in [4.78, 5) is 0. The van der Waals surface area contributed by atoms with Crippen LogP contribution in [0.4, 0.5) is 0 Å². The van der Waals surface area contributed by atoms with Gasteiger partial charge in [-0.15, -0.1) is 0 Å². The van der Waals surface area contributed by atoms with Crippen molar-refractivity contribution in [2.75, 3.05) is 0 Å². The van der Waals surface area contributed by atoms with Crippen molar-refractivity contribution in [3.63, 3.8) is 0 Å². The predicted molar refractivity (Wildman–Crippen MR) is 44.5 cm³/mol. The molecule has 0 saturated carbocycles. The average Bonchev–Trinajstić information content (AvgIpc) is 0. The van der Waals surface area contributed by atoms with Crippen LogP contribution in [0, 0.1) is 0 Å². The first-order chi connectivity index (χ1) is 0. The first-order valence-electron chi connectivity index (χ1n) is 0. The molecule has 0 heterocycles. The van der Waals surface area contributed by atoms with Crippen LogP contribution in [-0.2, 0) is 0 Å². The SMILES string of the molecule is O.O.O.O.O.O.O.O.O.O.O.O.[H+]. The van der Waals surface area contributed by atoms with Crippen LogP contribution >= 0.6 is 0 Å². The van der Waals surface area contributed by atoms with E-state index in [2.05, 4.69) is 0 Å². The summed E-state index contributed by atoms with van der Waals surface area (Å²) in [5.74, 6) is 0. The van der Waals surface area contributed by atoms with Gasteiger partial charge in [0.25, 0.3) is 0 Å². The summed E-state index contributed by atoms with van der Waals surface area (Å²) in [6.07, 6.45) is 0. The Labute approximate surface area is 68.6 Å². The minimum absolute atomic E-state index is 0. The third-order valence-corrected chi connectivity index (χ3v) is 0. The third-order valence-electron chi connectivity index (χ3n) is 0. The molecule has 0 radical (unpaired) electrons. The first kappa shape index (κ1) is 5530. The maximum absolute atomic E-state index is 0. The van der Waals surface area contributed by atoms with Crippen molar-refractivity contribution in [2.24, 2.45) is 0 Å². The highest BCUT2D eigenvalue weighted by Crippen LogP contribution is -0.278. The summed E-state index contributed by atoms with van der Waals surface area (Å²) < 4.78 is 0. The molecule has 0 saturated heterocycles. The second-order valence-electron chi connectivity index (χ2n) is 0. The zero-order chi connectivity index (χ0) is 0. The molecule has 0 spiro atoms. The monoisotopic (exact) mass is 217 g/mol. The molecule has 12 nitrogen and oxygen atoms in total. The number of hydrogen-bond donors (Lipinski definition) is 0. The fourth-order valence-electron chi connectivity index (χ4n) is 0. The molecule has 0 unspecified atom stereocenters. The van der Waals surface area contributed by atoms with Crippen molar-refractivity contribution in [3.8, 4) is 0 Å². The number of rotatable bonds is 0. The van der Waals surface area contributed by atoms with Crippen molar-refractivity contribution in [1.29, 1.82) is 0 Å². The molecule has 0 amide bonds. The van der Waals surface area contributed by atoms with E-state index in [1.54, 1.807) is 0 Å². The number of hydrogen-bond acceptors (Lipinski definition) is 0. The predicted octanol–water partition coefficient (Wildman–Crippen LogP) is -9.78. The Morgan fingerprint density at radius 2 is 0.167 bits per heavy atom. The Kier molecular flexibility index (Phi) is 1910000. The molecule has 0 aromatic rings. The van der Waals surface area contributed by atoms with E-state index in [9.17, 15) is 0 Å². The van der Waals surface area contributed by atoms with E-state index < -0.39 is 0 Å². The molecule has 96 valence electrons. The van der Waals surface area contributed by atoms with Crippen molar-refractivity contribution in [2.45, 2.75) is 0 Å². The Hall–Kier alpha value is -0.480. The van der Waals surface area contributed by atoms with E-state index in [0.29, 0.717) is 0 Å². The molecule has 0 bridgehead atoms. The van der Waals surface area contributed by atoms with E-state index in [1.165, 1.54) is 0 Å². The van der Waals surface area contributed by atoms with Gasteiger partial charge >= 0.3 is 1.43 Å². The smallest absolute Gasteiger partial charge is 0.412 e. The second kappa shape index (κ2) is 4140. The highest BCUT2D eigenvalue weighted by molar-refractivity contribution is 0.835. The maximum Gasteiger partial charge on any atom is 1.00 e. The fourth-order valence-corrected chi connectivity index (χ4v) is 0. The van der Waals surface area contributed by atoms with E-state index >= 15 is 0 Å². The molecule has 24 N–H and O–H groups in total. The third kappa shape index (κ3) is 3000. The normalized spacial score (nSPS) is 0. The summed E-state index contributed by atoms with van der Waals surface area (Å²) in [6.45, 7) is 0. The van der Waals surface area contributed by atoms with Crippen LogP contribution in [-0.4, -0.2) is 65.7 Å². The van der Waals surface area contributed by atoms with E-state index in [-0.39, 0.29) is 67.1 Å². The van der Waals surface area contributed by atoms with Gasteiger partial charge < -0.3 is 65.7 Å². The second-order valence-corrected chi connectivity index (χ2v) is 0. The van der Waals surface area contributed by atoms with Gasteiger partial charge in [0.1, 0.15) is 0 Å². The van der Waals surface area contributed by atoms with Gasteiger partial charge in [-0.05, 0) is 0 Å². The van der Waals surface area contributed by atoms with Gasteiger partial charge in [0.05, 0.1) is 0 Å². The lowest BCUT2D eigenvalue weighted by molar-refractivity contribution is 0.823. The van der Waals surface area contributed by atoms with Crippen LogP contribution in [0.15, 0.2) is 0 Å². The Morgan fingerprint density at radius 1 is 0.167 bits per heavy atom. The summed E-state index contributed by atoms with van der Waals surface area (Å²) in [7, 11) is 0. The molecule has 0 aromatic heterocycles. The van der Waals surface area contributed by atoms with E-state index in [4.69, 9.17) is 0 Å². The quantitative estimate of drug-likeness (QED) is 0.364. The van der Waals surface area contributed by atoms with Crippen molar-refractivity contribution in [3.05, 3.63) is 0 Å². The average molecular weight is 217 g/mol. The van der Waals surface area contributed by atoms with E-state index in [1.807, 2.05) is 0 Å². The Balaban J connectivity index is 0. The zero-order valence-corrected chi connectivity index (χ0v) is 6.00. The first-order valence-corrected chi connectivity index (χ1v) is 0. The molecule has 12 heteroatoms. The molecule has 0 fully saturated rings. The molecule has 0 rings (SSSR count). The lowest BCUT2D eigenvalue weighted by Gasteiger charge is -0.413. The minimum atomic E-state index is 0. The lowest BCUT2D eigenvalue weighted by Crippen LogP contribution is -0.290. The van der Waals surface area contributed by atoms with Crippen molar-refractivity contribution >= 4 is 0 Å². The summed E-state index contributed by atoms with van der Waals surface area (Å²) >= 11 is 0. The standard InChI is InChI=1S/12H2O/h12*1H2/p+1. The molecule has 0 atom stereocenters. The lowest BCUT2D eigenvalue weighted by atomic mass is 16.0. The summed E-state index contributed by atoms with van der Waals surface area (Å²) in [6, 6.07) is 0. The van der Waals surface area contributed by atoms with Gasteiger partial charge in [0, 0.05) is 0 Å². The summed E-state index contributed by atoms with van der Waals surface area (Å²) in [5.41, 5.74) is 0. The zero-order valence-electron chi connectivity index (χ0n) is 7.00. The molecular weight excluding hydrogens is 192 g/mol. The maximum atomic E-state index is 0. The van der Waals surface area contributed by atoms with Crippen LogP contribution in [0.3, 0.4) is 0 Å². The van der Waals surface area contributed by atoms with Crippen LogP contribution in [0.25, 0.3) is 0 Å². The van der Waals surface area contributed by atoms with Crippen molar-refractivity contribution in [1.82, 2.24) is 0 Å². The highest BCUT2D eigenvalue weighted by atomic mass is 16.0. The molecule has 0 aliphatic carbocycles. The topological polar surface area (TPSA) is 378 Å². The highest BCUT2D eigenvalue weighted by Gasteiger charge is -0.401. The van der Waals surface area contributed by atoms with Gasteiger partial charge in [-0.1, -0.05) is 0 Å². The Morgan fingerprint density at radius 3 is 0.167 bits per heavy atom. The van der Waals surface area contributed by atoms with Crippen LogP contribution in [0.5, 0.6) is 0 Å². The van der Waals surface area contributed by atoms with Gasteiger partial charge in [0.15, 0.2) is 0 Å². The van der Waals surface area contributed by atoms with Crippen LogP contribution in [0.2, 0.25) is 0 Å². The minimum Gasteiger partial charge on any atom is -0.412 e.